The maximum Gasteiger partial charge on any atom is 0.416 e. The molecule has 0 spiro atoms. The van der Waals surface area contributed by atoms with Gasteiger partial charge in [0.25, 0.3) is 0 Å². The van der Waals surface area contributed by atoms with Crippen molar-refractivity contribution in [2.45, 2.75) is 6.18 Å². The number of benzene rings is 2. The third-order valence-corrected chi connectivity index (χ3v) is 3.76. The fourth-order valence-corrected chi connectivity index (χ4v) is 2.32. The number of hydrogen-bond acceptors (Lipinski definition) is 5. The zero-order valence-electron chi connectivity index (χ0n) is 15.8. The second-order valence-corrected chi connectivity index (χ2v) is 6.30. The van der Waals surface area contributed by atoms with E-state index < -0.39 is 17.7 Å². The van der Waals surface area contributed by atoms with E-state index in [9.17, 15) is 18.0 Å². The number of halogens is 3. The highest BCUT2D eigenvalue weighted by atomic mass is 19.4. The minimum absolute atomic E-state index is 0.0875. The van der Waals surface area contributed by atoms with E-state index in [0.717, 1.165) is 18.7 Å². The Hall–Kier alpha value is -2.58. The average Bonchev–Trinajstić information content (AvgIpc) is 2.64. The SMILES string of the molecule is CN(C)CCOCCOC(=O)c1ccccc1Nc1cccc(C(F)(F)F)c1. The molecule has 0 aliphatic rings. The van der Waals surface area contributed by atoms with Crippen molar-refractivity contribution in [3.63, 3.8) is 0 Å². The fourth-order valence-electron chi connectivity index (χ4n) is 2.32. The minimum atomic E-state index is -4.44. The van der Waals surface area contributed by atoms with Crippen molar-refractivity contribution in [3.05, 3.63) is 59.7 Å². The number of ether oxygens (including phenoxy) is 2. The monoisotopic (exact) mass is 396 g/mol. The summed E-state index contributed by atoms with van der Waals surface area (Å²) in [4.78, 5) is 14.3. The lowest BCUT2D eigenvalue weighted by atomic mass is 10.1. The third kappa shape index (κ3) is 6.86. The fraction of sp³-hybridized carbons (Fsp3) is 0.350. The molecule has 152 valence electrons. The van der Waals surface area contributed by atoms with Crippen molar-refractivity contribution in [3.8, 4) is 0 Å². The van der Waals surface area contributed by atoms with Crippen LogP contribution in [0.25, 0.3) is 0 Å². The topological polar surface area (TPSA) is 50.8 Å². The number of hydrogen-bond donors (Lipinski definition) is 1. The van der Waals surface area contributed by atoms with E-state index in [1.54, 1.807) is 24.3 Å². The van der Waals surface area contributed by atoms with E-state index in [0.29, 0.717) is 12.3 Å². The van der Waals surface area contributed by atoms with Gasteiger partial charge in [-0.3, -0.25) is 0 Å². The van der Waals surface area contributed by atoms with Crippen molar-refractivity contribution in [1.82, 2.24) is 4.90 Å². The minimum Gasteiger partial charge on any atom is -0.460 e. The summed E-state index contributed by atoms with van der Waals surface area (Å²) in [6.45, 7) is 1.64. The number of alkyl halides is 3. The lowest BCUT2D eigenvalue weighted by Crippen LogP contribution is -2.19. The molecule has 2 rings (SSSR count). The van der Waals surface area contributed by atoms with Gasteiger partial charge in [0, 0.05) is 12.2 Å². The number of nitrogens with one attached hydrogen (secondary N) is 1. The Morgan fingerprint density at radius 2 is 1.79 bits per heavy atom. The molecule has 8 heteroatoms. The summed E-state index contributed by atoms with van der Waals surface area (Å²) in [6.07, 6.45) is -4.44. The summed E-state index contributed by atoms with van der Waals surface area (Å²) < 4.78 is 49.2. The highest BCUT2D eigenvalue weighted by molar-refractivity contribution is 5.96. The maximum atomic E-state index is 12.9. The van der Waals surface area contributed by atoms with Gasteiger partial charge < -0.3 is 19.7 Å². The highest BCUT2D eigenvalue weighted by Gasteiger charge is 2.30. The molecule has 0 aliphatic heterocycles. The number of anilines is 2. The number of para-hydroxylation sites is 1. The molecule has 0 unspecified atom stereocenters. The quantitative estimate of drug-likeness (QED) is 0.509. The first-order valence-electron chi connectivity index (χ1n) is 8.70. The van der Waals surface area contributed by atoms with E-state index in [1.807, 2.05) is 19.0 Å². The molecular formula is C20H23F3N2O3. The van der Waals surface area contributed by atoms with Crippen molar-refractivity contribution >= 4 is 17.3 Å². The largest absolute Gasteiger partial charge is 0.460 e. The van der Waals surface area contributed by atoms with Gasteiger partial charge in [0.1, 0.15) is 6.61 Å². The molecule has 0 atom stereocenters. The first-order valence-corrected chi connectivity index (χ1v) is 8.70. The van der Waals surface area contributed by atoms with Crippen LogP contribution in [0.3, 0.4) is 0 Å². The summed E-state index contributed by atoms with van der Waals surface area (Å²) in [5.74, 6) is -0.578. The van der Waals surface area contributed by atoms with Crippen LogP contribution in [0.2, 0.25) is 0 Å². The van der Waals surface area contributed by atoms with Crippen molar-refractivity contribution in [2.24, 2.45) is 0 Å². The molecule has 0 heterocycles. The summed E-state index contributed by atoms with van der Waals surface area (Å²) in [5.41, 5.74) is 0.0445. The molecule has 28 heavy (non-hydrogen) atoms. The van der Waals surface area contributed by atoms with E-state index in [4.69, 9.17) is 9.47 Å². The first kappa shape index (κ1) is 21.7. The molecule has 0 amide bonds. The molecule has 0 saturated carbocycles. The Kier molecular flexibility index (Phi) is 7.83. The Morgan fingerprint density at radius 3 is 2.50 bits per heavy atom. The summed E-state index contributed by atoms with van der Waals surface area (Å²) in [7, 11) is 3.86. The standard InChI is InChI=1S/C20H23F3N2O3/c1-25(2)10-11-27-12-13-28-19(26)17-8-3-4-9-18(17)24-16-7-5-6-15(14-16)20(21,22)23/h3-9,14,24H,10-13H2,1-2H3. The second kappa shape index (κ2) is 10.1. The van der Waals surface area contributed by atoms with Gasteiger partial charge in [-0.05, 0) is 44.4 Å². The van der Waals surface area contributed by atoms with Crippen LogP contribution in [-0.4, -0.2) is 51.3 Å². The van der Waals surface area contributed by atoms with Crippen LogP contribution in [0.1, 0.15) is 15.9 Å². The zero-order chi connectivity index (χ0) is 20.6. The lowest BCUT2D eigenvalue weighted by Gasteiger charge is -2.14. The van der Waals surface area contributed by atoms with Crippen LogP contribution in [0.5, 0.6) is 0 Å². The summed E-state index contributed by atoms with van der Waals surface area (Å²) >= 11 is 0. The molecule has 0 saturated heterocycles. The van der Waals surface area contributed by atoms with Crippen LogP contribution in [0.15, 0.2) is 48.5 Å². The number of carbonyl (C=O) groups excluding carboxylic acids is 1. The average molecular weight is 396 g/mol. The number of nitrogens with zero attached hydrogens (tertiary/aromatic N) is 1. The van der Waals surface area contributed by atoms with Gasteiger partial charge >= 0.3 is 12.1 Å². The summed E-state index contributed by atoms with van der Waals surface area (Å²) in [6, 6.07) is 11.3. The smallest absolute Gasteiger partial charge is 0.416 e. The molecule has 0 fully saturated rings. The van der Waals surface area contributed by atoms with Crippen molar-refractivity contribution < 1.29 is 27.4 Å². The van der Waals surface area contributed by atoms with Crippen molar-refractivity contribution in [1.29, 1.82) is 0 Å². The van der Waals surface area contributed by atoms with Crippen LogP contribution in [0.4, 0.5) is 24.5 Å². The molecule has 5 nitrogen and oxygen atoms in total. The van der Waals surface area contributed by atoms with E-state index in [-0.39, 0.29) is 24.5 Å². The molecule has 0 aliphatic carbocycles. The van der Waals surface area contributed by atoms with E-state index in [2.05, 4.69) is 5.32 Å². The highest BCUT2D eigenvalue weighted by Crippen LogP contribution is 2.31. The van der Waals surface area contributed by atoms with Gasteiger partial charge in [-0.2, -0.15) is 13.2 Å². The van der Waals surface area contributed by atoms with Gasteiger partial charge in [0.05, 0.1) is 30.0 Å². The van der Waals surface area contributed by atoms with Crippen LogP contribution >= 0.6 is 0 Å². The number of carbonyl (C=O) groups is 1. The van der Waals surface area contributed by atoms with Gasteiger partial charge in [0.15, 0.2) is 0 Å². The number of likely N-dealkylation sites (N-methyl/N-ethyl adjacent to an activating group) is 1. The molecule has 2 aromatic rings. The second-order valence-electron chi connectivity index (χ2n) is 6.30. The normalized spacial score (nSPS) is 11.5. The summed E-state index contributed by atoms with van der Waals surface area (Å²) in [5, 5.41) is 2.85. The van der Waals surface area contributed by atoms with Gasteiger partial charge in [-0.25, -0.2) is 4.79 Å². The predicted molar refractivity (Wildman–Crippen MR) is 101 cm³/mol. The molecule has 0 aromatic heterocycles. The Balaban J connectivity index is 1.98. The zero-order valence-corrected chi connectivity index (χ0v) is 15.8. The molecule has 0 bridgehead atoms. The third-order valence-electron chi connectivity index (χ3n) is 3.76. The molecule has 1 N–H and O–H groups in total. The molecule has 0 radical (unpaired) electrons. The number of rotatable bonds is 9. The first-order chi connectivity index (χ1) is 13.3. The molecule has 2 aromatic carbocycles. The Bertz CT molecular complexity index is 779. The molecular weight excluding hydrogens is 373 g/mol. The Labute approximate surface area is 162 Å². The Morgan fingerprint density at radius 1 is 1.04 bits per heavy atom. The van der Waals surface area contributed by atoms with Gasteiger partial charge in [0.2, 0.25) is 0 Å². The van der Waals surface area contributed by atoms with Crippen LogP contribution in [0, 0.1) is 0 Å². The predicted octanol–water partition coefficient (Wildman–Crippen LogP) is 4.18. The van der Waals surface area contributed by atoms with E-state index in [1.165, 1.54) is 12.1 Å². The lowest BCUT2D eigenvalue weighted by molar-refractivity contribution is -0.137. The van der Waals surface area contributed by atoms with Crippen LogP contribution < -0.4 is 5.32 Å². The van der Waals surface area contributed by atoms with Crippen molar-refractivity contribution in [2.75, 3.05) is 45.8 Å². The van der Waals surface area contributed by atoms with E-state index >= 15 is 0 Å². The van der Waals surface area contributed by atoms with Gasteiger partial charge in [-0.1, -0.05) is 18.2 Å². The number of esters is 1. The van der Waals surface area contributed by atoms with Crippen LogP contribution in [-0.2, 0) is 15.7 Å². The van der Waals surface area contributed by atoms with Gasteiger partial charge in [-0.15, -0.1) is 0 Å². The maximum absolute atomic E-state index is 12.9.